The van der Waals surface area contributed by atoms with E-state index in [2.05, 4.69) is 0 Å². The molecule has 0 aliphatic rings. The van der Waals surface area contributed by atoms with Gasteiger partial charge in [0.2, 0.25) is 0 Å². The number of carboxylic acid groups (broad SMARTS) is 1. The van der Waals surface area contributed by atoms with Crippen LogP contribution in [0.5, 0.6) is 0 Å². The van der Waals surface area contributed by atoms with Gasteiger partial charge in [0.05, 0.1) is 11.3 Å². The van der Waals surface area contributed by atoms with Gasteiger partial charge in [-0.3, -0.25) is 4.21 Å². The summed E-state index contributed by atoms with van der Waals surface area (Å²) in [6, 6.07) is 5.75. The smallest absolute Gasteiger partial charge is 0.337 e. The Morgan fingerprint density at radius 3 is 2.62 bits per heavy atom. The summed E-state index contributed by atoms with van der Waals surface area (Å²) in [7, 11) is 0. The highest BCUT2D eigenvalue weighted by atomic mass is 32.2. The fourth-order valence-corrected chi connectivity index (χ4v) is 1.21. The van der Waals surface area contributed by atoms with Crippen LogP contribution in [0.1, 0.15) is 10.4 Å². The van der Waals surface area contributed by atoms with E-state index in [1.54, 1.807) is 6.07 Å². The molecule has 0 aliphatic heterocycles. The van der Waals surface area contributed by atoms with Crippen molar-refractivity contribution in [2.24, 2.45) is 0 Å². The Bertz CT molecular complexity index is 352. The molecule has 0 radical (unpaired) electrons. The number of benzene rings is 1. The van der Waals surface area contributed by atoms with E-state index in [0.29, 0.717) is 0 Å². The van der Waals surface area contributed by atoms with Gasteiger partial charge in [-0.2, -0.15) is 0 Å². The quantitative estimate of drug-likeness (QED) is 0.699. The number of hydrogen-bond donors (Lipinski definition) is 2. The summed E-state index contributed by atoms with van der Waals surface area (Å²) in [5, 5.41) is 8.64. The maximum Gasteiger partial charge on any atom is 0.337 e. The molecule has 5 nitrogen and oxygen atoms in total. The topological polar surface area (TPSA) is 89.5 Å². The fraction of sp³-hybridized carbons (Fsp3) is 0. The average molecular weight is 200 g/mol. The van der Waals surface area contributed by atoms with Crippen LogP contribution < -0.4 is 4.72 Å². The normalized spacial score (nSPS) is 12.1. The van der Waals surface area contributed by atoms with Gasteiger partial charge in [-0.25, -0.2) is 4.79 Å². The average Bonchev–Trinajstić information content (AvgIpc) is 2.03. The van der Waals surface area contributed by atoms with Crippen molar-refractivity contribution in [3.05, 3.63) is 29.8 Å². The Balaban J connectivity index is 3.04. The molecule has 0 bridgehead atoms. The molecular formula is C7H6NO4S-. The number of hydrogen-bond acceptors (Lipinski definition) is 3. The summed E-state index contributed by atoms with van der Waals surface area (Å²) >= 11 is -2.51. The molecule has 1 unspecified atom stereocenters. The summed E-state index contributed by atoms with van der Waals surface area (Å²) in [4.78, 5) is 10.6. The molecule has 1 atom stereocenters. The maximum atomic E-state index is 10.6. The highest BCUT2D eigenvalue weighted by Gasteiger charge is 2.07. The Labute approximate surface area is 76.8 Å². The summed E-state index contributed by atoms with van der Waals surface area (Å²) in [6.45, 7) is 0. The Morgan fingerprint density at radius 2 is 2.08 bits per heavy atom. The van der Waals surface area contributed by atoms with Gasteiger partial charge in [0.25, 0.3) is 0 Å². The van der Waals surface area contributed by atoms with Gasteiger partial charge in [-0.1, -0.05) is 12.1 Å². The predicted octanol–water partition coefficient (Wildman–Crippen LogP) is 0.591. The summed E-state index contributed by atoms with van der Waals surface area (Å²) in [5.41, 5.74) is -0.0185. The van der Waals surface area contributed by atoms with Gasteiger partial charge < -0.3 is 14.4 Å². The lowest BCUT2D eigenvalue weighted by atomic mass is 10.2. The van der Waals surface area contributed by atoms with Crippen molar-refractivity contribution in [1.29, 1.82) is 0 Å². The lowest BCUT2D eigenvalue weighted by Crippen LogP contribution is -2.07. The van der Waals surface area contributed by atoms with E-state index in [1.807, 2.05) is 4.72 Å². The van der Waals surface area contributed by atoms with Crippen molar-refractivity contribution in [3.63, 3.8) is 0 Å². The fourth-order valence-electron chi connectivity index (χ4n) is 0.848. The van der Waals surface area contributed by atoms with E-state index in [-0.39, 0.29) is 11.3 Å². The third kappa shape index (κ3) is 2.53. The Kier molecular flexibility index (Phi) is 2.99. The molecule has 1 aromatic rings. The van der Waals surface area contributed by atoms with Gasteiger partial charge in [0, 0.05) is 11.3 Å². The summed E-state index contributed by atoms with van der Waals surface area (Å²) in [5.74, 6) is -1.17. The van der Waals surface area contributed by atoms with Crippen molar-refractivity contribution in [2.75, 3.05) is 4.72 Å². The summed E-state index contributed by atoms with van der Waals surface area (Å²) < 4.78 is 22.5. The minimum absolute atomic E-state index is 0.0586. The largest absolute Gasteiger partial charge is 0.755 e. The Hall–Kier alpha value is -1.40. The lowest BCUT2D eigenvalue weighted by molar-refractivity contribution is 0.0698. The second-order valence-electron chi connectivity index (χ2n) is 2.19. The Morgan fingerprint density at radius 1 is 1.46 bits per heavy atom. The van der Waals surface area contributed by atoms with Gasteiger partial charge in [-0.05, 0) is 12.1 Å². The first-order valence-electron chi connectivity index (χ1n) is 3.29. The van der Waals surface area contributed by atoms with Gasteiger partial charge >= 0.3 is 5.97 Å². The van der Waals surface area contributed by atoms with Crippen molar-refractivity contribution < 1.29 is 18.7 Å². The number of nitrogens with one attached hydrogen (secondary N) is 1. The van der Waals surface area contributed by atoms with E-state index in [9.17, 15) is 13.6 Å². The molecule has 1 aromatic carbocycles. The van der Waals surface area contributed by atoms with Crippen LogP contribution in [0.4, 0.5) is 5.69 Å². The zero-order chi connectivity index (χ0) is 9.84. The van der Waals surface area contributed by atoms with Crippen molar-refractivity contribution in [3.8, 4) is 0 Å². The standard InChI is InChI=1S/C7H7NO4S/c9-7(10)5-3-1-2-4-6(5)8-13(11)12/h1-4,8H,(H,9,10)(H,11,12)/p-1. The molecule has 0 aliphatic carbocycles. The van der Waals surface area contributed by atoms with Crippen LogP contribution in [-0.4, -0.2) is 19.8 Å². The molecule has 13 heavy (non-hydrogen) atoms. The first-order chi connectivity index (χ1) is 6.11. The maximum absolute atomic E-state index is 10.6. The first-order valence-corrected chi connectivity index (χ1v) is 4.37. The molecule has 0 saturated carbocycles. The number of carboxylic acids is 1. The molecule has 70 valence electrons. The monoisotopic (exact) mass is 200 g/mol. The van der Waals surface area contributed by atoms with E-state index in [0.717, 1.165) is 0 Å². The van der Waals surface area contributed by atoms with Gasteiger partial charge in [0.15, 0.2) is 0 Å². The molecule has 1 rings (SSSR count). The predicted molar refractivity (Wildman–Crippen MR) is 45.9 cm³/mol. The second-order valence-corrected chi connectivity index (χ2v) is 2.86. The molecule has 0 saturated heterocycles. The SMILES string of the molecule is O=C(O)c1ccccc1NS(=O)[O-]. The number of aromatic carboxylic acids is 1. The van der Waals surface area contributed by atoms with Crippen molar-refractivity contribution >= 4 is 22.9 Å². The van der Waals surface area contributed by atoms with Crippen LogP contribution in [-0.2, 0) is 11.3 Å². The molecule has 0 heterocycles. The molecule has 0 fully saturated rings. The third-order valence-electron chi connectivity index (χ3n) is 1.35. The van der Waals surface area contributed by atoms with E-state index < -0.39 is 17.2 Å². The zero-order valence-electron chi connectivity index (χ0n) is 6.39. The molecule has 0 amide bonds. The first kappa shape index (κ1) is 9.69. The van der Waals surface area contributed by atoms with E-state index >= 15 is 0 Å². The highest BCUT2D eigenvalue weighted by molar-refractivity contribution is 7.80. The molecule has 0 spiro atoms. The minimum atomic E-state index is -2.51. The minimum Gasteiger partial charge on any atom is -0.755 e. The van der Waals surface area contributed by atoms with Crippen LogP contribution in [0.25, 0.3) is 0 Å². The van der Waals surface area contributed by atoms with Crippen LogP contribution in [0, 0.1) is 0 Å². The second kappa shape index (κ2) is 4.01. The lowest BCUT2D eigenvalue weighted by Gasteiger charge is -2.10. The van der Waals surface area contributed by atoms with Gasteiger partial charge in [-0.15, -0.1) is 0 Å². The number of rotatable bonds is 3. The van der Waals surface area contributed by atoms with Crippen molar-refractivity contribution in [1.82, 2.24) is 0 Å². The van der Waals surface area contributed by atoms with E-state index in [4.69, 9.17) is 5.11 Å². The number of anilines is 1. The molecule has 0 aromatic heterocycles. The number of para-hydroxylation sites is 1. The molecule has 6 heteroatoms. The van der Waals surface area contributed by atoms with E-state index in [1.165, 1.54) is 18.2 Å². The number of carbonyl (C=O) groups is 1. The summed E-state index contributed by atoms with van der Waals surface area (Å²) in [6.07, 6.45) is 0. The van der Waals surface area contributed by atoms with Crippen molar-refractivity contribution in [2.45, 2.75) is 0 Å². The molecule has 2 N–H and O–H groups in total. The van der Waals surface area contributed by atoms with Gasteiger partial charge in [0.1, 0.15) is 0 Å². The van der Waals surface area contributed by atoms with Crippen LogP contribution in [0.15, 0.2) is 24.3 Å². The van der Waals surface area contributed by atoms with Crippen LogP contribution >= 0.6 is 0 Å². The zero-order valence-corrected chi connectivity index (χ0v) is 7.21. The molecular weight excluding hydrogens is 194 g/mol. The van der Waals surface area contributed by atoms with Crippen LogP contribution in [0.3, 0.4) is 0 Å². The van der Waals surface area contributed by atoms with Crippen LogP contribution in [0.2, 0.25) is 0 Å². The highest BCUT2D eigenvalue weighted by Crippen LogP contribution is 2.14. The third-order valence-corrected chi connectivity index (χ3v) is 1.74.